The number of sulfone groups is 1. The number of hydrogen-bond donors (Lipinski definition) is 0. The quantitative estimate of drug-likeness (QED) is 0.719. The van der Waals surface area contributed by atoms with Crippen molar-refractivity contribution in [3.05, 3.63) is 0 Å². The standard InChI is InChI=1S/C8H15BrO3S/c1-7(2,3)6(10)8(4,9)13(5,11)12/h1-5H3/t8-/m0/s1. The van der Waals surface area contributed by atoms with Crippen LogP contribution < -0.4 is 0 Å². The van der Waals surface area contributed by atoms with Gasteiger partial charge in [-0.3, -0.25) is 4.79 Å². The Morgan fingerprint density at radius 1 is 1.15 bits per heavy atom. The minimum absolute atomic E-state index is 0.331. The summed E-state index contributed by atoms with van der Waals surface area (Å²) in [6, 6.07) is 0. The topological polar surface area (TPSA) is 51.2 Å². The van der Waals surface area contributed by atoms with Crippen LogP contribution in [0.25, 0.3) is 0 Å². The maximum Gasteiger partial charge on any atom is 0.182 e. The van der Waals surface area contributed by atoms with Gasteiger partial charge in [0.2, 0.25) is 0 Å². The van der Waals surface area contributed by atoms with Crippen molar-refractivity contribution in [2.45, 2.75) is 31.4 Å². The first kappa shape index (κ1) is 13.1. The maximum absolute atomic E-state index is 11.7. The summed E-state index contributed by atoms with van der Waals surface area (Å²) in [6.07, 6.45) is 1.05. The maximum atomic E-state index is 11.7. The van der Waals surface area contributed by atoms with Crippen LogP contribution in [-0.2, 0) is 14.6 Å². The lowest BCUT2D eigenvalue weighted by atomic mass is 9.89. The Hall–Kier alpha value is 0.1000. The molecule has 0 rings (SSSR count). The monoisotopic (exact) mass is 270 g/mol. The Morgan fingerprint density at radius 3 is 1.54 bits per heavy atom. The molecule has 0 amide bonds. The Kier molecular flexibility index (Phi) is 3.37. The van der Waals surface area contributed by atoms with E-state index in [0.29, 0.717) is 0 Å². The molecule has 0 saturated heterocycles. The van der Waals surface area contributed by atoms with Crippen molar-refractivity contribution in [3.8, 4) is 0 Å². The molecule has 0 bridgehead atoms. The van der Waals surface area contributed by atoms with E-state index in [1.165, 1.54) is 6.92 Å². The van der Waals surface area contributed by atoms with E-state index in [0.717, 1.165) is 6.26 Å². The van der Waals surface area contributed by atoms with Crippen LogP contribution >= 0.6 is 15.9 Å². The lowest BCUT2D eigenvalue weighted by Crippen LogP contribution is -2.43. The number of hydrogen-bond acceptors (Lipinski definition) is 3. The normalized spacial score (nSPS) is 18.0. The number of alkyl halides is 1. The smallest absolute Gasteiger partial charge is 0.182 e. The average molecular weight is 271 g/mol. The van der Waals surface area contributed by atoms with E-state index >= 15 is 0 Å². The van der Waals surface area contributed by atoms with E-state index in [9.17, 15) is 13.2 Å². The van der Waals surface area contributed by atoms with E-state index in [1.54, 1.807) is 20.8 Å². The summed E-state index contributed by atoms with van der Waals surface area (Å²) in [7, 11) is -3.42. The van der Waals surface area contributed by atoms with Gasteiger partial charge in [-0.15, -0.1) is 0 Å². The van der Waals surface area contributed by atoms with Gasteiger partial charge in [0.05, 0.1) is 0 Å². The van der Waals surface area contributed by atoms with Crippen LogP contribution in [-0.4, -0.2) is 24.1 Å². The van der Waals surface area contributed by atoms with Gasteiger partial charge in [0, 0.05) is 11.7 Å². The van der Waals surface area contributed by atoms with E-state index in [1.807, 2.05) is 0 Å². The van der Waals surface area contributed by atoms with Crippen molar-refractivity contribution < 1.29 is 13.2 Å². The number of ketones is 1. The van der Waals surface area contributed by atoms with Crippen molar-refractivity contribution in [2.75, 3.05) is 6.26 Å². The van der Waals surface area contributed by atoms with Gasteiger partial charge >= 0.3 is 0 Å². The number of Topliss-reactive ketones (excluding diaryl/α,β-unsaturated/α-hetero) is 1. The van der Waals surface area contributed by atoms with Crippen LogP contribution in [0, 0.1) is 5.41 Å². The summed E-state index contributed by atoms with van der Waals surface area (Å²) < 4.78 is 21.1. The summed E-state index contributed by atoms with van der Waals surface area (Å²) in [5.41, 5.74) is -0.665. The second-order valence-corrected chi connectivity index (χ2v) is 8.74. The van der Waals surface area contributed by atoms with Crippen LogP contribution in [0.1, 0.15) is 27.7 Å². The van der Waals surface area contributed by atoms with Crippen LogP contribution in [0.4, 0.5) is 0 Å². The average Bonchev–Trinajstić information content (AvgIpc) is 1.81. The molecule has 0 aromatic carbocycles. The molecule has 0 heterocycles. The van der Waals surface area contributed by atoms with E-state index in [2.05, 4.69) is 15.9 Å². The predicted molar refractivity (Wildman–Crippen MR) is 56.6 cm³/mol. The van der Waals surface area contributed by atoms with Crippen LogP contribution in [0.5, 0.6) is 0 Å². The lowest BCUT2D eigenvalue weighted by Gasteiger charge is -2.27. The molecule has 0 aliphatic heterocycles. The van der Waals surface area contributed by atoms with Crippen LogP contribution in [0.3, 0.4) is 0 Å². The number of carbonyl (C=O) groups excluding carboxylic acids is 1. The zero-order chi connectivity index (χ0) is 11.1. The molecule has 0 saturated carbocycles. The molecule has 0 spiro atoms. The molecular weight excluding hydrogens is 256 g/mol. The number of rotatable bonds is 2. The van der Waals surface area contributed by atoms with Gasteiger partial charge in [-0.05, 0) is 6.92 Å². The molecule has 0 aliphatic rings. The van der Waals surface area contributed by atoms with Crippen molar-refractivity contribution in [1.82, 2.24) is 0 Å². The molecule has 0 unspecified atom stereocenters. The fourth-order valence-corrected chi connectivity index (χ4v) is 2.08. The molecule has 3 nitrogen and oxygen atoms in total. The van der Waals surface area contributed by atoms with Crippen LogP contribution in [0.2, 0.25) is 0 Å². The summed E-state index contributed by atoms with van der Waals surface area (Å²) in [4.78, 5) is 11.7. The Morgan fingerprint density at radius 2 is 1.46 bits per heavy atom. The molecule has 0 aliphatic carbocycles. The second-order valence-electron chi connectivity index (χ2n) is 4.27. The molecule has 13 heavy (non-hydrogen) atoms. The third-order valence-electron chi connectivity index (χ3n) is 1.78. The van der Waals surface area contributed by atoms with Gasteiger partial charge in [0.1, 0.15) is 0 Å². The van der Waals surface area contributed by atoms with Gasteiger partial charge in [-0.25, -0.2) is 8.42 Å². The van der Waals surface area contributed by atoms with Crippen molar-refractivity contribution in [2.24, 2.45) is 5.41 Å². The Balaban J connectivity index is 5.23. The molecule has 0 N–H and O–H groups in total. The van der Waals surface area contributed by atoms with Gasteiger partial charge in [-0.1, -0.05) is 36.7 Å². The third kappa shape index (κ3) is 2.77. The number of halogens is 1. The highest BCUT2D eigenvalue weighted by molar-refractivity contribution is 9.12. The Bertz CT molecular complexity index is 309. The molecule has 78 valence electrons. The van der Waals surface area contributed by atoms with E-state index in [4.69, 9.17) is 0 Å². The third-order valence-corrected chi connectivity index (χ3v) is 5.49. The van der Waals surface area contributed by atoms with Crippen molar-refractivity contribution in [3.63, 3.8) is 0 Å². The number of carbonyl (C=O) groups is 1. The van der Waals surface area contributed by atoms with E-state index < -0.39 is 18.9 Å². The fourth-order valence-electron chi connectivity index (χ4n) is 0.838. The summed E-state index contributed by atoms with van der Waals surface area (Å²) in [6.45, 7) is 6.45. The van der Waals surface area contributed by atoms with Crippen LogP contribution in [0.15, 0.2) is 0 Å². The van der Waals surface area contributed by atoms with Gasteiger partial charge in [0.25, 0.3) is 0 Å². The minimum Gasteiger partial charge on any atom is -0.296 e. The molecule has 5 heteroatoms. The first-order valence-electron chi connectivity index (χ1n) is 3.84. The fraction of sp³-hybridized carbons (Fsp3) is 0.875. The van der Waals surface area contributed by atoms with Gasteiger partial charge in [0.15, 0.2) is 19.3 Å². The summed E-state index contributed by atoms with van der Waals surface area (Å²) in [5, 5.41) is 0. The van der Waals surface area contributed by atoms with Gasteiger partial charge < -0.3 is 0 Å². The molecular formula is C8H15BrO3S. The predicted octanol–water partition coefficient (Wildman–Crippen LogP) is 1.76. The molecule has 0 aromatic rings. The minimum atomic E-state index is -3.42. The van der Waals surface area contributed by atoms with Crippen molar-refractivity contribution >= 4 is 31.6 Å². The molecule has 0 aromatic heterocycles. The highest BCUT2D eigenvalue weighted by Gasteiger charge is 2.45. The SMILES string of the molecule is CC(C)(C)C(=O)[C@@](C)(Br)S(C)(=O)=O. The first-order chi connectivity index (χ1) is 5.40. The second kappa shape index (κ2) is 3.35. The molecule has 0 fully saturated rings. The molecule has 1 atom stereocenters. The highest BCUT2D eigenvalue weighted by atomic mass is 79.9. The molecule has 0 radical (unpaired) electrons. The Labute approximate surface area is 87.9 Å². The first-order valence-corrected chi connectivity index (χ1v) is 6.52. The largest absolute Gasteiger partial charge is 0.296 e. The lowest BCUT2D eigenvalue weighted by molar-refractivity contribution is -0.126. The van der Waals surface area contributed by atoms with Crippen molar-refractivity contribution in [1.29, 1.82) is 0 Å². The highest BCUT2D eigenvalue weighted by Crippen LogP contribution is 2.33. The zero-order valence-corrected chi connectivity index (χ0v) is 10.9. The van der Waals surface area contributed by atoms with Gasteiger partial charge in [-0.2, -0.15) is 0 Å². The zero-order valence-electron chi connectivity index (χ0n) is 8.51. The summed E-state index contributed by atoms with van der Waals surface area (Å²) in [5.74, 6) is -0.331. The van der Waals surface area contributed by atoms with E-state index in [-0.39, 0.29) is 5.78 Å². The summed E-state index contributed by atoms with van der Waals surface area (Å²) >= 11 is 2.97.